The van der Waals surface area contributed by atoms with Gasteiger partial charge in [0.1, 0.15) is 0 Å². The molecule has 1 aromatic rings. The molecule has 1 spiro atoms. The molecule has 0 atom stereocenters. The maximum Gasteiger partial charge on any atom is 0.0480 e. The van der Waals surface area contributed by atoms with E-state index in [1.807, 2.05) is 17.8 Å². The van der Waals surface area contributed by atoms with Gasteiger partial charge < -0.3 is 5.32 Å². The Kier molecular flexibility index (Phi) is 1.96. The fraction of sp³-hybridized carbons (Fsp3) is 0.455. The van der Waals surface area contributed by atoms with Crippen molar-refractivity contribution >= 4 is 29.1 Å². The number of rotatable bonds is 0. The summed E-state index contributed by atoms with van der Waals surface area (Å²) in [5.41, 5.74) is 1.25. The van der Waals surface area contributed by atoms with Crippen molar-refractivity contribution in [1.29, 1.82) is 0 Å². The second-order valence-electron chi connectivity index (χ2n) is 4.13. The average molecular weight is 226 g/mol. The number of hydrogen-bond donors (Lipinski definition) is 1. The molecule has 1 nitrogen and oxygen atoms in total. The van der Waals surface area contributed by atoms with Crippen molar-refractivity contribution in [2.24, 2.45) is 0 Å². The zero-order valence-electron chi connectivity index (χ0n) is 7.85. The van der Waals surface area contributed by atoms with Crippen LogP contribution >= 0.6 is 23.4 Å². The smallest absolute Gasteiger partial charge is 0.0480 e. The first-order valence-electron chi connectivity index (χ1n) is 5.00. The summed E-state index contributed by atoms with van der Waals surface area (Å²) in [6.45, 7) is 1.12. The van der Waals surface area contributed by atoms with Gasteiger partial charge in [-0.05, 0) is 31.0 Å². The Morgan fingerprint density at radius 3 is 2.93 bits per heavy atom. The van der Waals surface area contributed by atoms with E-state index in [4.69, 9.17) is 11.6 Å². The minimum absolute atomic E-state index is 0.484. The Morgan fingerprint density at radius 1 is 1.36 bits per heavy atom. The lowest BCUT2D eigenvalue weighted by Crippen LogP contribution is -2.42. The predicted octanol–water partition coefficient (Wildman–Crippen LogP) is 3.78. The summed E-state index contributed by atoms with van der Waals surface area (Å²) in [6.07, 6.45) is 4.07. The van der Waals surface area contributed by atoms with Gasteiger partial charge in [0.05, 0.1) is 0 Å². The minimum Gasteiger partial charge on any atom is -0.383 e. The molecule has 0 amide bonds. The third kappa shape index (κ3) is 1.32. The molecule has 3 heteroatoms. The quantitative estimate of drug-likeness (QED) is 0.721. The van der Waals surface area contributed by atoms with Crippen LogP contribution in [0.4, 0.5) is 5.69 Å². The van der Waals surface area contributed by atoms with Crippen LogP contribution in [-0.2, 0) is 0 Å². The molecule has 1 aliphatic heterocycles. The fourth-order valence-corrected chi connectivity index (χ4v) is 3.88. The van der Waals surface area contributed by atoms with Crippen molar-refractivity contribution in [2.45, 2.75) is 28.9 Å². The van der Waals surface area contributed by atoms with Crippen LogP contribution in [0.2, 0.25) is 5.02 Å². The van der Waals surface area contributed by atoms with Gasteiger partial charge in [0.25, 0.3) is 0 Å². The normalized spacial score (nSPS) is 22.4. The summed E-state index contributed by atoms with van der Waals surface area (Å²) in [7, 11) is 0. The fourth-order valence-electron chi connectivity index (χ4n) is 2.10. The number of benzene rings is 1. The van der Waals surface area contributed by atoms with E-state index >= 15 is 0 Å². The van der Waals surface area contributed by atoms with Gasteiger partial charge >= 0.3 is 0 Å². The first kappa shape index (κ1) is 8.93. The number of nitrogens with one attached hydrogen (secondary N) is 1. The average Bonchev–Trinajstić information content (AvgIpc) is 2.14. The summed E-state index contributed by atoms with van der Waals surface area (Å²) in [5.74, 6) is 0. The lowest BCUT2D eigenvalue weighted by molar-refractivity contribution is 0.376. The molecule has 1 N–H and O–H groups in total. The maximum atomic E-state index is 5.99. The number of anilines is 1. The molecular formula is C11H12ClNS. The molecule has 0 radical (unpaired) electrons. The molecule has 0 unspecified atom stereocenters. The molecule has 1 aliphatic carbocycles. The molecule has 74 valence electrons. The van der Waals surface area contributed by atoms with E-state index in [-0.39, 0.29) is 0 Å². The molecule has 1 saturated carbocycles. The summed E-state index contributed by atoms with van der Waals surface area (Å²) in [5, 5.41) is 4.35. The SMILES string of the molecule is Clc1ccc2c(c1)SC1(CCC1)CN2. The molecule has 2 aliphatic rings. The predicted molar refractivity (Wildman–Crippen MR) is 62.4 cm³/mol. The van der Waals surface area contributed by atoms with E-state index in [1.165, 1.54) is 29.8 Å². The largest absolute Gasteiger partial charge is 0.383 e. The van der Waals surface area contributed by atoms with Gasteiger partial charge in [-0.1, -0.05) is 18.0 Å². The van der Waals surface area contributed by atoms with Gasteiger partial charge in [0.15, 0.2) is 0 Å². The Balaban J connectivity index is 1.96. The number of hydrogen-bond acceptors (Lipinski definition) is 2. The third-order valence-electron chi connectivity index (χ3n) is 3.14. The molecule has 1 heterocycles. The van der Waals surface area contributed by atoms with Crippen LogP contribution in [0, 0.1) is 0 Å². The third-order valence-corrected chi connectivity index (χ3v) is 4.91. The Morgan fingerprint density at radius 2 is 2.21 bits per heavy atom. The van der Waals surface area contributed by atoms with Crippen molar-refractivity contribution in [3.05, 3.63) is 23.2 Å². The molecule has 14 heavy (non-hydrogen) atoms. The van der Waals surface area contributed by atoms with Gasteiger partial charge in [-0.25, -0.2) is 0 Å². The van der Waals surface area contributed by atoms with Gasteiger partial charge in [-0.15, -0.1) is 11.8 Å². The van der Waals surface area contributed by atoms with Crippen LogP contribution in [0.1, 0.15) is 19.3 Å². The van der Waals surface area contributed by atoms with Crippen molar-refractivity contribution in [3.63, 3.8) is 0 Å². The van der Waals surface area contributed by atoms with Crippen molar-refractivity contribution in [2.75, 3.05) is 11.9 Å². The minimum atomic E-state index is 0.484. The lowest BCUT2D eigenvalue weighted by Gasteiger charge is -2.44. The van der Waals surface area contributed by atoms with E-state index in [0.29, 0.717) is 4.75 Å². The summed E-state index contributed by atoms with van der Waals surface area (Å²) in [6, 6.07) is 6.11. The molecule has 0 saturated heterocycles. The second-order valence-corrected chi connectivity index (χ2v) is 6.08. The monoisotopic (exact) mass is 225 g/mol. The van der Waals surface area contributed by atoms with Gasteiger partial charge in [0.2, 0.25) is 0 Å². The number of thioether (sulfide) groups is 1. The first-order valence-corrected chi connectivity index (χ1v) is 6.19. The molecule has 0 aromatic heterocycles. The van der Waals surface area contributed by atoms with E-state index in [0.717, 1.165) is 11.6 Å². The van der Waals surface area contributed by atoms with E-state index < -0.39 is 0 Å². The molecule has 1 fully saturated rings. The molecule has 1 aromatic carbocycles. The van der Waals surface area contributed by atoms with Crippen LogP contribution in [-0.4, -0.2) is 11.3 Å². The molecule has 0 bridgehead atoms. The molecule has 3 rings (SSSR count). The highest BCUT2D eigenvalue weighted by Gasteiger charge is 2.40. The van der Waals surface area contributed by atoms with Crippen molar-refractivity contribution in [3.8, 4) is 0 Å². The Hall–Kier alpha value is -0.340. The number of fused-ring (bicyclic) bond motifs is 1. The standard InChI is InChI=1S/C11H12ClNS/c12-8-2-3-9-10(6-8)14-11(7-13-9)4-1-5-11/h2-3,6,13H,1,4-5,7H2. The Bertz CT molecular complexity index is 374. The van der Waals surface area contributed by atoms with E-state index in [9.17, 15) is 0 Å². The highest BCUT2D eigenvalue weighted by atomic mass is 35.5. The van der Waals surface area contributed by atoms with Gasteiger partial charge in [0, 0.05) is 26.9 Å². The van der Waals surface area contributed by atoms with Gasteiger partial charge in [-0.2, -0.15) is 0 Å². The van der Waals surface area contributed by atoms with Crippen LogP contribution in [0.15, 0.2) is 23.1 Å². The number of halogens is 1. The topological polar surface area (TPSA) is 12.0 Å². The first-order chi connectivity index (χ1) is 6.77. The van der Waals surface area contributed by atoms with Crippen LogP contribution in [0.25, 0.3) is 0 Å². The Labute approximate surface area is 93.2 Å². The molecular weight excluding hydrogens is 214 g/mol. The van der Waals surface area contributed by atoms with E-state index in [2.05, 4.69) is 17.4 Å². The van der Waals surface area contributed by atoms with Crippen LogP contribution in [0.3, 0.4) is 0 Å². The maximum absolute atomic E-state index is 5.99. The van der Waals surface area contributed by atoms with Crippen molar-refractivity contribution < 1.29 is 0 Å². The highest BCUT2D eigenvalue weighted by Crippen LogP contribution is 2.52. The van der Waals surface area contributed by atoms with Crippen LogP contribution < -0.4 is 5.32 Å². The summed E-state index contributed by atoms with van der Waals surface area (Å²) in [4.78, 5) is 1.32. The van der Waals surface area contributed by atoms with Gasteiger partial charge in [-0.3, -0.25) is 0 Å². The lowest BCUT2D eigenvalue weighted by atomic mass is 9.84. The summed E-state index contributed by atoms with van der Waals surface area (Å²) >= 11 is 8.00. The summed E-state index contributed by atoms with van der Waals surface area (Å²) < 4.78 is 0.484. The second kappa shape index (κ2) is 3.07. The highest BCUT2D eigenvalue weighted by molar-refractivity contribution is 8.01. The van der Waals surface area contributed by atoms with Crippen LogP contribution in [0.5, 0.6) is 0 Å². The zero-order chi connectivity index (χ0) is 9.60. The zero-order valence-corrected chi connectivity index (χ0v) is 9.42. The van der Waals surface area contributed by atoms with E-state index in [1.54, 1.807) is 0 Å². The van der Waals surface area contributed by atoms with Crippen molar-refractivity contribution in [1.82, 2.24) is 0 Å².